The van der Waals surface area contributed by atoms with Crippen LogP contribution in [-0.4, -0.2) is 18.6 Å². The Morgan fingerprint density at radius 2 is 1.83 bits per heavy atom. The van der Waals surface area contributed by atoms with Gasteiger partial charge in [-0.05, 0) is 43.7 Å². The molecule has 1 atom stereocenters. The van der Waals surface area contributed by atoms with Gasteiger partial charge in [0.15, 0.2) is 6.10 Å². The Morgan fingerprint density at radius 3 is 2.50 bits per heavy atom. The fourth-order valence-corrected chi connectivity index (χ4v) is 2.24. The van der Waals surface area contributed by atoms with Crippen LogP contribution >= 0.6 is 0 Å². The van der Waals surface area contributed by atoms with E-state index >= 15 is 0 Å². The van der Waals surface area contributed by atoms with Crippen molar-refractivity contribution >= 4 is 5.91 Å². The van der Waals surface area contributed by atoms with Crippen LogP contribution in [0.25, 0.3) is 0 Å². The Hall–Kier alpha value is -2.56. The molecule has 0 unspecified atom stereocenters. The fourth-order valence-electron chi connectivity index (χ4n) is 2.24. The highest BCUT2D eigenvalue weighted by atomic mass is 19.1. The molecule has 0 radical (unpaired) electrons. The first-order valence-electron chi connectivity index (χ1n) is 8.04. The van der Waals surface area contributed by atoms with Crippen molar-refractivity contribution in [3.63, 3.8) is 0 Å². The van der Waals surface area contributed by atoms with Gasteiger partial charge in [-0.2, -0.15) is 0 Å². The summed E-state index contributed by atoms with van der Waals surface area (Å²) in [5, 5.41) is 2.86. The van der Waals surface area contributed by atoms with Crippen molar-refractivity contribution in [1.82, 2.24) is 5.32 Å². The Balaban J connectivity index is 1.96. The topological polar surface area (TPSA) is 47.6 Å². The number of para-hydroxylation sites is 1. The van der Waals surface area contributed by atoms with E-state index in [1.54, 1.807) is 0 Å². The molecule has 0 fully saturated rings. The van der Waals surface area contributed by atoms with Gasteiger partial charge in [0.25, 0.3) is 5.91 Å². The van der Waals surface area contributed by atoms with Crippen LogP contribution in [0.4, 0.5) is 4.39 Å². The Labute approximate surface area is 141 Å². The highest BCUT2D eigenvalue weighted by molar-refractivity contribution is 5.81. The zero-order valence-corrected chi connectivity index (χ0v) is 13.9. The second-order valence-corrected chi connectivity index (χ2v) is 5.23. The minimum Gasteiger partial charge on any atom is -0.494 e. The first kappa shape index (κ1) is 17.8. The summed E-state index contributed by atoms with van der Waals surface area (Å²) in [5.41, 5.74) is 0.907. The molecule has 2 rings (SSSR count). The standard InChI is InChI=1S/C19H22FNO3/c1-3-17(24-16-11-9-15(20)10-12-16)19(22)21-13-14-7-5-6-8-18(14)23-4-2/h5-12,17H,3-4,13H2,1-2H3,(H,21,22)/t17-/m0/s1. The Morgan fingerprint density at radius 1 is 1.12 bits per heavy atom. The van der Waals surface area contributed by atoms with Crippen LogP contribution in [0.2, 0.25) is 0 Å². The minimum absolute atomic E-state index is 0.215. The lowest BCUT2D eigenvalue weighted by molar-refractivity contribution is -0.128. The number of carbonyl (C=O) groups excluding carboxylic acids is 1. The van der Waals surface area contributed by atoms with E-state index < -0.39 is 6.10 Å². The summed E-state index contributed by atoms with van der Waals surface area (Å²) in [7, 11) is 0. The van der Waals surface area contributed by atoms with E-state index in [1.807, 2.05) is 38.1 Å². The van der Waals surface area contributed by atoms with Crippen LogP contribution in [0.1, 0.15) is 25.8 Å². The van der Waals surface area contributed by atoms with E-state index in [1.165, 1.54) is 24.3 Å². The van der Waals surface area contributed by atoms with E-state index in [0.717, 1.165) is 11.3 Å². The second-order valence-electron chi connectivity index (χ2n) is 5.23. The van der Waals surface area contributed by atoms with Crippen LogP contribution in [0.3, 0.4) is 0 Å². The number of nitrogens with one attached hydrogen (secondary N) is 1. The summed E-state index contributed by atoms with van der Waals surface area (Å²) in [6.45, 7) is 4.70. The number of rotatable bonds is 8. The monoisotopic (exact) mass is 331 g/mol. The van der Waals surface area contributed by atoms with E-state index in [4.69, 9.17) is 9.47 Å². The summed E-state index contributed by atoms with van der Waals surface area (Å²) < 4.78 is 24.1. The van der Waals surface area contributed by atoms with Gasteiger partial charge in [-0.25, -0.2) is 4.39 Å². The van der Waals surface area contributed by atoms with Crippen molar-refractivity contribution in [2.75, 3.05) is 6.61 Å². The molecule has 5 heteroatoms. The summed E-state index contributed by atoms with van der Waals surface area (Å²) in [5.74, 6) is 0.668. The maximum atomic E-state index is 12.9. The van der Waals surface area contributed by atoms with Gasteiger partial charge in [0, 0.05) is 12.1 Å². The maximum Gasteiger partial charge on any atom is 0.261 e. The van der Waals surface area contributed by atoms with E-state index in [-0.39, 0.29) is 11.7 Å². The molecule has 0 saturated carbocycles. The summed E-state index contributed by atoms with van der Waals surface area (Å²) in [6, 6.07) is 13.2. The largest absolute Gasteiger partial charge is 0.494 e. The van der Waals surface area contributed by atoms with Gasteiger partial charge in [-0.1, -0.05) is 25.1 Å². The Bertz CT molecular complexity index is 658. The summed E-state index contributed by atoms with van der Waals surface area (Å²) in [6.07, 6.45) is -0.120. The number of hydrogen-bond donors (Lipinski definition) is 1. The molecule has 128 valence electrons. The van der Waals surface area contributed by atoms with Crippen molar-refractivity contribution in [3.8, 4) is 11.5 Å². The molecule has 0 aliphatic rings. The molecule has 1 N–H and O–H groups in total. The molecule has 4 nitrogen and oxygen atoms in total. The van der Waals surface area contributed by atoms with Gasteiger partial charge < -0.3 is 14.8 Å². The molecule has 0 saturated heterocycles. The number of benzene rings is 2. The molecule has 24 heavy (non-hydrogen) atoms. The Kier molecular flexibility index (Phi) is 6.61. The molecule has 0 aromatic heterocycles. The number of halogens is 1. The lowest BCUT2D eigenvalue weighted by Gasteiger charge is -2.18. The van der Waals surface area contributed by atoms with Crippen molar-refractivity contribution in [3.05, 3.63) is 59.9 Å². The zero-order valence-electron chi connectivity index (χ0n) is 13.9. The predicted octanol–water partition coefficient (Wildman–Crippen LogP) is 3.70. The van der Waals surface area contributed by atoms with E-state index in [2.05, 4.69) is 5.32 Å². The highest BCUT2D eigenvalue weighted by Gasteiger charge is 2.18. The lowest BCUT2D eigenvalue weighted by Crippen LogP contribution is -2.37. The average molecular weight is 331 g/mol. The molecule has 1 amide bonds. The number of ether oxygens (including phenoxy) is 2. The summed E-state index contributed by atoms with van der Waals surface area (Å²) in [4.78, 5) is 12.3. The molecule has 2 aromatic rings. The number of hydrogen-bond acceptors (Lipinski definition) is 3. The quantitative estimate of drug-likeness (QED) is 0.802. The maximum absolute atomic E-state index is 12.9. The molecule has 0 aliphatic carbocycles. The molecular weight excluding hydrogens is 309 g/mol. The fraction of sp³-hybridized carbons (Fsp3) is 0.316. The van der Waals surface area contributed by atoms with Crippen molar-refractivity contribution in [2.24, 2.45) is 0 Å². The third-order valence-corrected chi connectivity index (χ3v) is 3.48. The first-order valence-corrected chi connectivity index (χ1v) is 8.04. The van der Waals surface area contributed by atoms with Gasteiger partial charge in [0.1, 0.15) is 17.3 Å². The molecule has 0 bridgehead atoms. The van der Waals surface area contributed by atoms with Gasteiger partial charge >= 0.3 is 0 Å². The van der Waals surface area contributed by atoms with Crippen LogP contribution in [-0.2, 0) is 11.3 Å². The molecule has 0 spiro atoms. The normalized spacial score (nSPS) is 11.6. The first-order chi connectivity index (χ1) is 11.6. The minimum atomic E-state index is -0.630. The SMILES string of the molecule is CCOc1ccccc1CNC(=O)[C@H](CC)Oc1ccc(F)cc1. The van der Waals surface area contributed by atoms with Crippen LogP contribution in [0, 0.1) is 5.82 Å². The third-order valence-electron chi connectivity index (χ3n) is 3.48. The van der Waals surface area contributed by atoms with Gasteiger partial charge in [0.2, 0.25) is 0 Å². The van der Waals surface area contributed by atoms with Crippen LogP contribution < -0.4 is 14.8 Å². The zero-order chi connectivity index (χ0) is 17.4. The van der Waals surface area contributed by atoms with E-state index in [0.29, 0.717) is 25.3 Å². The van der Waals surface area contributed by atoms with E-state index in [9.17, 15) is 9.18 Å². The van der Waals surface area contributed by atoms with Gasteiger partial charge in [-0.3, -0.25) is 4.79 Å². The molecule has 0 aliphatic heterocycles. The van der Waals surface area contributed by atoms with Crippen molar-refractivity contribution in [1.29, 1.82) is 0 Å². The van der Waals surface area contributed by atoms with Gasteiger partial charge in [0.05, 0.1) is 6.61 Å². The number of amides is 1. The smallest absolute Gasteiger partial charge is 0.261 e. The summed E-state index contributed by atoms with van der Waals surface area (Å²) >= 11 is 0. The van der Waals surface area contributed by atoms with Crippen LogP contribution in [0.5, 0.6) is 11.5 Å². The van der Waals surface area contributed by atoms with Gasteiger partial charge in [-0.15, -0.1) is 0 Å². The van der Waals surface area contributed by atoms with Crippen LogP contribution in [0.15, 0.2) is 48.5 Å². The average Bonchev–Trinajstić information content (AvgIpc) is 2.60. The lowest BCUT2D eigenvalue weighted by atomic mass is 10.2. The van der Waals surface area contributed by atoms with Crippen molar-refractivity contribution < 1.29 is 18.7 Å². The highest BCUT2D eigenvalue weighted by Crippen LogP contribution is 2.18. The molecule has 2 aromatic carbocycles. The van der Waals surface area contributed by atoms with Crippen molar-refractivity contribution in [2.45, 2.75) is 32.9 Å². The molecular formula is C19H22FNO3. The third kappa shape index (κ3) is 4.98. The second kappa shape index (κ2) is 8.91. The molecule has 0 heterocycles. The number of carbonyl (C=O) groups is 1. The predicted molar refractivity (Wildman–Crippen MR) is 90.6 cm³/mol.